The summed E-state index contributed by atoms with van der Waals surface area (Å²) in [6.07, 6.45) is -2.39. The summed E-state index contributed by atoms with van der Waals surface area (Å²) >= 11 is 0. The Labute approximate surface area is 206 Å². The summed E-state index contributed by atoms with van der Waals surface area (Å²) in [7, 11) is 3.33. The van der Waals surface area contributed by atoms with E-state index in [1.807, 2.05) is 18.9 Å². The number of allylic oxidation sites excluding steroid dienone is 1. The third-order valence-corrected chi connectivity index (χ3v) is 5.94. The average Bonchev–Trinajstić information content (AvgIpc) is 2.82. The van der Waals surface area contributed by atoms with Crippen LogP contribution in [-0.4, -0.2) is 68.0 Å². The van der Waals surface area contributed by atoms with Crippen LogP contribution < -0.4 is 15.5 Å². The molecule has 2 N–H and O–H groups in total. The monoisotopic (exact) mass is 505 g/mol. The lowest BCUT2D eigenvalue weighted by Gasteiger charge is -2.39. The van der Waals surface area contributed by atoms with Gasteiger partial charge in [-0.05, 0) is 44.3 Å². The largest absolute Gasteiger partial charge is 0.417 e. The SMILES string of the molecule is CN/C=C(C(=O)Nc1cc(-c2ncccc2F)ccc1N1CCN(C)C(C)C1)\C(=C/C=O)C(F)(F)F. The summed E-state index contributed by atoms with van der Waals surface area (Å²) in [6, 6.07) is 7.68. The molecule has 1 atom stereocenters. The molecule has 1 aliphatic rings. The van der Waals surface area contributed by atoms with Crippen molar-refractivity contribution in [2.24, 2.45) is 0 Å². The molecular weight excluding hydrogens is 478 g/mol. The van der Waals surface area contributed by atoms with Crippen molar-refractivity contribution in [1.29, 1.82) is 0 Å². The summed E-state index contributed by atoms with van der Waals surface area (Å²) in [6.45, 7) is 3.99. The molecule has 0 saturated carbocycles. The fraction of sp³-hybridized carbons (Fsp3) is 0.320. The molecule has 2 aromatic rings. The van der Waals surface area contributed by atoms with E-state index in [4.69, 9.17) is 0 Å². The van der Waals surface area contributed by atoms with Crippen molar-refractivity contribution in [3.8, 4) is 11.3 Å². The van der Waals surface area contributed by atoms with Gasteiger partial charge in [0.25, 0.3) is 5.91 Å². The molecule has 192 valence electrons. The number of anilines is 2. The maximum atomic E-state index is 14.4. The number of carbonyl (C=O) groups excluding carboxylic acids is 2. The van der Waals surface area contributed by atoms with Crippen molar-refractivity contribution < 1.29 is 27.2 Å². The van der Waals surface area contributed by atoms with Crippen molar-refractivity contribution in [3.05, 3.63) is 65.8 Å². The number of hydrogen-bond acceptors (Lipinski definition) is 6. The predicted molar refractivity (Wildman–Crippen MR) is 130 cm³/mol. The molecule has 1 aliphatic heterocycles. The summed E-state index contributed by atoms with van der Waals surface area (Å²) in [4.78, 5) is 32.3. The number of likely N-dealkylation sites (N-methyl/N-ethyl adjacent to an activating group) is 1. The van der Waals surface area contributed by atoms with Gasteiger partial charge in [0.15, 0.2) is 0 Å². The fourth-order valence-electron chi connectivity index (χ4n) is 3.93. The number of carbonyl (C=O) groups is 2. The van der Waals surface area contributed by atoms with Crippen LogP contribution in [0.1, 0.15) is 6.92 Å². The molecule has 1 aromatic heterocycles. The highest BCUT2D eigenvalue weighted by Crippen LogP contribution is 2.35. The molecule has 1 amide bonds. The van der Waals surface area contributed by atoms with Crippen LogP contribution in [0, 0.1) is 5.82 Å². The number of aromatic nitrogens is 1. The minimum absolute atomic E-state index is 0.0267. The first-order valence-electron chi connectivity index (χ1n) is 11.2. The van der Waals surface area contributed by atoms with E-state index < -0.39 is 29.0 Å². The normalized spacial score (nSPS) is 17.6. The van der Waals surface area contributed by atoms with Gasteiger partial charge in [0.05, 0.1) is 22.5 Å². The van der Waals surface area contributed by atoms with E-state index in [0.717, 1.165) is 12.7 Å². The first-order valence-corrected chi connectivity index (χ1v) is 11.2. The van der Waals surface area contributed by atoms with E-state index in [2.05, 4.69) is 20.5 Å². The molecule has 2 heterocycles. The number of alkyl halides is 3. The summed E-state index contributed by atoms with van der Waals surface area (Å²) in [5.41, 5.74) is -1.04. The van der Waals surface area contributed by atoms with Gasteiger partial charge >= 0.3 is 6.18 Å². The number of rotatable bonds is 7. The van der Waals surface area contributed by atoms with Gasteiger partial charge in [-0.1, -0.05) is 6.07 Å². The van der Waals surface area contributed by atoms with Crippen LogP contribution in [0.15, 0.2) is 60.0 Å². The molecule has 1 unspecified atom stereocenters. The fourth-order valence-corrected chi connectivity index (χ4v) is 3.93. The smallest absolute Gasteiger partial charge is 0.393 e. The van der Waals surface area contributed by atoms with Gasteiger partial charge in [0.1, 0.15) is 17.8 Å². The summed E-state index contributed by atoms with van der Waals surface area (Å²) in [5.74, 6) is -1.67. The van der Waals surface area contributed by atoms with E-state index in [9.17, 15) is 27.2 Å². The van der Waals surface area contributed by atoms with Gasteiger partial charge in [0.2, 0.25) is 0 Å². The zero-order valence-corrected chi connectivity index (χ0v) is 20.1. The zero-order chi connectivity index (χ0) is 26.5. The lowest BCUT2D eigenvalue weighted by Crippen LogP contribution is -2.50. The molecule has 11 heteroatoms. The van der Waals surface area contributed by atoms with Crippen molar-refractivity contribution in [2.75, 3.05) is 43.9 Å². The molecule has 0 bridgehead atoms. The van der Waals surface area contributed by atoms with Gasteiger partial charge in [-0.2, -0.15) is 13.2 Å². The van der Waals surface area contributed by atoms with Gasteiger partial charge in [-0.3, -0.25) is 14.6 Å². The van der Waals surface area contributed by atoms with Crippen LogP contribution in [0.5, 0.6) is 0 Å². The molecule has 0 spiro atoms. The average molecular weight is 506 g/mol. The summed E-state index contributed by atoms with van der Waals surface area (Å²) in [5, 5.41) is 4.97. The Balaban J connectivity index is 2.08. The van der Waals surface area contributed by atoms with Crippen molar-refractivity contribution in [1.82, 2.24) is 15.2 Å². The number of aldehydes is 1. The number of pyridine rings is 1. The Morgan fingerprint density at radius 2 is 1.97 bits per heavy atom. The highest BCUT2D eigenvalue weighted by atomic mass is 19.4. The van der Waals surface area contributed by atoms with Gasteiger partial charge < -0.3 is 20.4 Å². The molecule has 1 aromatic carbocycles. The number of nitrogens with one attached hydrogen (secondary N) is 2. The second kappa shape index (κ2) is 11.3. The third-order valence-electron chi connectivity index (χ3n) is 5.94. The number of hydrogen-bond donors (Lipinski definition) is 2. The van der Waals surface area contributed by atoms with Crippen molar-refractivity contribution in [2.45, 2.75) is 19.1 Å². The van der Waals surface area contributed by atoms with Crippen LogP contribution in [-0.2, 0) is 9.59 Å². The molecule has 3 rings (SSSR count). The number of piperazine rings is 1. The van der Waals surface area contributed by atoms with Crippen LogP contribution in [0.4, 0.5) is 28.9 Å². The quantitative estimate of drug-likeness (QED) is 0.258. The highest BCUT2D eigenvalue weighted by Gasteiger charge is 2.38. The number of halogens is 4. The number of nitrogens with zero attached hydrogens (tertiary/aromatic N) is 3. The van der Waals surface area contributed by atoms with Crippen LogP contribution >= 0.6 is 0 Å². The molecule has 36 heavy (non-hydrogen) atoms. The Morgan fingerprint density at radius 1 is 1.22 bits per heavy atom. The topological polar surface area (TPSA) is 77.6 Å². The molecular formula is C25H27F4N5O2. The van der Waals surface area contributed by atoms with E-state index >= 15 is 0 Å². The Morgan fingerprint density at radius 3 is 2.58 bits per heavy atom. The van der Waals surface area contributed by atoms with Gasteiger partial charge in [0, 0.05) is 50.7 Å². The van der Waals surface area contributed by atoms with Gasteiger partial charge in [-0.15, -0.1) is 0 Å². The molecule has 1 saturated heterocycles. The van der Waals surface area contributed by atoms with E-state index in [-0.39, 0.29) is 23.7 Å². The first kappa shape index (κ1) is 26.9. The lowest BCUT2D eigenvalue weighted by atomic mass is 10.0. The maximum absolute atomic E-state index is 14.4. The van der Waals surface area contributed by atoms with E-state index in [1.165, 1.54) is 31.4 Å². The Kier molecular flexibility index (Phi) is 8.46. The molecule has 7 nitrogen and oxygen atoms in total. The highest BCUT2D eigenvalue weighted by molar-refractivity contribution is 6.09. The van der Waals surface area contributed by atoms with Crippen molar-refractivity contribution >= 4 is 23.6 Å². The van der Waals surface area contributed by atoms with E-state index in [1.54, 1.807) is 12.1 Å². The number of benzene rings is 1. The van der Waals surface area contributed by atoms with Crippen LogP contribution in [0.2, 0.25) is 0 Å². The number of amides is 1. The Bertz CT molecular complexity index is 1180. The molecule has 1 fully saturated rings. The van der Waals surface area contributed by atoms with Crippen LogP contribution in [0.3, 0.4) is 0 Å². The second-order valence-electron chi connectivity index (χ2n) is 8.36. The van der Waals surface area contributed by atoms with Gasteiger partial charge in [-0.25, -0.2) is 4.39 Å². The molecule has 0 radical (unpaired) electrons. The molecule has 0 aliphatic carbocycles. The van der Waals surface area contributed by atoms with Crippen LogP contribution in [0.25, 0.3) is 11.3 Å². The van der Waals surface area contributed by atoms with E-state index in [0.29, 0.717) is 30.4 Å². The minimum atomic E-state index is -4.95. The third kappa shape index (κ3) is 6.09. The maximum Gasteiger partial charge on any atom is 0.417 e. The Hall–Kier alpha value is -3.73. The standard InChI is InChI=1S/C25H27F4N5O2/c1-16-15-34(11-10-33(16)3)22-7-6-17(23-20(26)5-4-9-31-23)13-21(22)32-24(36)18(14-30-2)19(8-12-35)25(27,28)29/h4-9,12-14,16,30H,10-11,15H2,1-3H3,(H,32,36)/b18-14+,19-8+. The zero-order valence-electron chi connectivity index (χ0n) is 20.1. The second-order valence-corrected chi connectivity index (χ2v) is 8.36. The predicted octanol–water partition coefficient (Wildman–Crippen LogP) is 3.76. The first-order chi connectivity index (χ1) is 17.1. The summed E-state index contributed by atoms with van der Waals surface area (Å²) < 4.78 is 55.3. The lowest BCUT2D eigenvalue weighted by molar-refractivity contribution is -0.115. The minimum Gasteiger partial charge on any atom is -0.393 e. The van der Waals surface area contributed by atoms with Crippen molar-refractivity contribution in [3.63, 3.8) is 0 Å².